The first kappa shape index (κ1) is 27.2. The van der Waals surface area contributed by atoms with Crippen LogP contribution in [-0.2, 0) is 4.74 Å². The predicted octanol–water partition coefficient (Wildman–Crippen LogP) is 4.74. The van der Waals surface area contributed by atoms with Crippen molar-refractivity contribution in [3.63, 3.8) is 0 Å². The third-order valence-electron chi connectivity index (χ3n) is 7.16. The number of rotatable bonds is 5. The van der Waals surface area contributed by atoms with Crippen LogP contribution in [0.25, 0.3) is 11.0 Å². The van der Waals surface area contributed by atoms with Gasteiger partial charge < -0.3 is 19.9 Å². The Balaban J connectivity index is 1.08. The van der Waals surface area contributed by atoms with E-state index in [4.69, 9.17) is 9.73 Å². The second-order valence-electron chi connectivity index (χ2n) is 11.3. The molecule has 41 heavy (non-hydrogen) atoms. The molecule has 2 aromatic carbocycles. The molecule has 3 aromatic rings. The Hall–Kier alpha value is -3.96. The molecule has 1 fully saturated rings. The van der Waals surface area contributed by atoms with Crippen molar-refractivity contribution < 1.29 is 14.3 Å². The van der Waals surface area contributed by atoms with Crippen molar-refractivity contribution >= 4 is 45.7 Å². The maximum Gasteiger partial charge on any atom is 0.410 e. The van der Waals surface area contributed by atoms with E-state index in [9.17, 15) is 9.59 Å². The normalized spacial score (nSPS) is 19.1. The number of amides is 2. The van der Waals surface area contributed by atoms with Gasteiger partial charge in [-0.25, -0.2) is 9.78 Å². The van der Waals surface area contributed by atoms with E-state index in [-0.39, 0.29) is 23.7 Å². The fourth-order valence-corrected chi connectivity index (χ4v) is 6.05. The lowest BCUT2D eigenvalue weighted by molar-refractivity contribution is 0.0150. The molecule has 6 rings (SSSR count). The Labute approximate surface area is 243 Å². The lowest BCUT2D eigenvalue weighted by Gasteiger charge is -2.36. The topological polar surface area (TPSA) is 103 Å². The number of ether oxygens (including phenoxy) is 1. The highest BCUT2D eigenvalue weighted by Crippen LogP contribution is 2.39. The fraction of sp³-hybridized carbons (Fsp3) is 0.367. The zero-order valence-electron chi connectivity index (χ0n) is 23.4. The van der Waals surface area contributed by atoms with Crippen molar-refractivity contribution in [2.24, 2.45) is 4.99 Å². The summed E-state index contributed by atoms with van der Waals surface area (Å²) in [4.78, 5) is 45.8. The summed E-state index contributed by atoms with van der Waals surface area (Å²) in [5.74, 6) is -0.303. The molecule has 0 radical (unpaired) electrons. The van der Waals surface area contributed by atoms with E-state index in [0.29, 0.717) is 25.2 Å². The second kappa shape index (κ2) is 11.1. The number of thioether (sulfide) groups is 1. The number of aromatic nitrogens is 2. The summed E-state index contributed by atoms with van der Waals surface area (Å²) < 4.78 is 5.53. The molecular formula is C30H33N7O3S. The van der Waals surface area contributed by atoms with Crippen molar-refractivity contribution in [2.75, 3.05) is 44.6 Å². The van der Waals surface area contributed by atoms with Crippen LogP contribution in [0, 0.1) is 0 Å². The molecule has 0 aliphatic carbocycles. The van der Waals surface area contributed by atoms with Crippen molar-refractivity contribution in [1.82, 2.24) is 24.7 Å². The van der Waals surface area contributed by atoms with Crippen LogP contribution in [0.4, 0.5) is 10.5 Å². The van der Waals surface area contributed by atoms with Crippen molar-refractivity contribution in [3.05, 3.63) is 77.1 Å². The predicted molar refractivity (Wildman–Crippen MR) is 161 cm³/mol. The molecule has 1 atom stereocenters. The minimum Gasteiger partial charge on any atom is -0.444 e. The SMILES string of the molecule is CC(C)(C)OC(=O)N1CCN(CC2=CSC3=NC(c4ccccc4NC(=O)c4cnc5ccccc5n4)CN23)CC1. The van der Waals surface area contributed by atoms with E-state index in [1.807, 2.05) is 69.3 Å². The minimum atomic E-state index is -0.492. The van der Waals surface area contributed by atoms with Gasteiger partial charge in [-0.15, -0.1) is 0 Å². The van der Waals surface area contributed by atoms with Gasteiger partial charge in [-0.05, 0) is 44.4 Å². The number of aliphatic imine (C=N–C) groups is 1. The van der Waals surface area contributed by atoms with E-state index >= 15 is 0 Å². The Morgan fingerprint density at radius 3 is 2.54 bits per heavy atom. The average Bonchev–Trinajstić information content (AvgIpc) is 3.54. The number of para-hydroxylation sites is 3. The molecule has 10 nitrogen and oxygen atoms in total. The molecule has 2 amide bonds. The summed E-state index contributed by atoms with van der Waals surface area (Å²) in [5.41, 5.74) is 4.09. The molecule has 0 spiro atoms. The van der Waals surface area contributed by atoms with Crippen LogP contribution in [-0.4, -0.2) is 86.7 Å². The Morgan fingerprint density at radius 1 is 1.02 bits per heavy atom. The Kier molecular flexibility index (Phi) is 7.39. The number of piperazine rings is 1. The summed E-state index contributed by atoms with van der Waals surface area (Å²) in [6.45, 7) is 10.0. The van der Waals surface area contributed by atoms with Crippen molar-refractivity contribution in [2.45, 2.75) is 32.4 Å². The van der Waals surface area contributed by atoms with E-state index in [2.05, 4.69) is 30.5 Å². The van der Waals surface area contributed by atoms with Gasteiger partial charge in [0.25, 0.3) is 5.91 Å². The summed E-state index contributed by atoms with van der Waals surface area (Å²) in [6.07, 6.45) is 1.26. The zero-order chi connectivity index (χ0) is 28.6. The van der Waals surface area contributed by atoms with Crippen molar-refractivity contribution in [3.8, 4) is 0 Å². The largest absolute Gasteiger partial charge is 0.444 e. The molecule has 1 aromatic heterocycles. The number of fused-ring (bicyclic) bond motifs is 2. The molecule has 11 heteroatoms. The summed E-state index contributed by atoms with van der Waals surface area (Å²) >= 11 is 1.63. The van der Waals surface area contributed by atoms with Gasteiger partial charge in [-0.2, -0.15) is 0 Å². The van der Waals surface area contributed by atoms with Crippen LogP contribution in [0.5, 0.6) is 0 Å². The highest BCUT2D eigenvalue weighted by Gasteiger charge is 2.35. The van der Waals surface area contributed by atoms with Crippen LogP contribution in [0.15, 0.2) is 70.8 Å². The van der Waals surface area contributed by atoms with Gasteiger partial charge in [-0.3, -0.25) is 19.7 Å². The van der Waals surface area contributed by atoms with Gasteiger partial charge in [-0.1, -0.05) is 42.1 Å². The maximum atomic E-state index is 13.1. The monoisotopic (exact) mass is 571 g/mol. The van der Waals surface area contributed by atoms with Gasteiger partial charge in [0.15, 0.2) is 5.17 Å². The van der Waals surface area contributed by atoms with Crippen LogP contribution in [0.2, 0.25) is 0 Å². The molecule has 0 saturated carbocycles. The van der Waals surface area contributed by atoms with Crippen LogP contribution in [0.3, 0.4) is 0 Å². The van der Waals surface area contributed by atoms with Crippen LogP contribution < -0.4 is 5.32 Å². The number of nitrogens with one attached hydrogen (secondary N) is 1. The Morgan fingerprint density at radius 2 is 1.76 bits per heavy atom. The lowest BCUT2D eigenvalue weighted by atomic mass is 10.0. The smallest absolute Gasteiger partial charge is 0.410 e. The first-order chi connectivity index (χ1) is 19.7. The second-order valence-corrected chi connectivity index (χ2v) is 12.1. The van der Waals surface area contributed by atoms with Crippen LogP contribution in [0.1, 0.15) is 42.9 Å². The number of hydrogen-bond acceptors (Lipinski definition) is 9. The number of anilines is 1. The molecule has 1 saturated heterocycles. The highest BCUT2D eigenvalue weighted by molar-refractivity contribution is 8.16. The maximum absolute atomic E-state index is 13.1. The molecule has 1 N–H and O–H groups in total. The number of carbonyl (C=O) groups excluding carboxylic acids is 2. The average molecular weight is 572 g/mol. The van der Waals surface area contributed by atoms with Gasteiger partial charge in [0.2, 0.25) is 0 Å². The zero-order valence-corrected chi connectivity index (χ0v) is 24.2. The summed E-state index contributed by atoms with van der Waals surface area (Å²) in [6, 6.07) is 15.2. The van der Waals surface area contributed by atoms with Crippen LogP contribution >= 0.6 is 11.8 Å². The number of amidine groups is 1. The third kappa shape index (κ3) is 6.06. The van der Waals surface area contributed by atoms with Gasteiger partial charge in [0.1, 0.15) is 11.3 Å². The van der Waals surface area contributed by atoms with E-state index in [1.54, 1.807) is 16.7 Å². The minimum absolute atomic E-state index is 0.107. The molecule has 3 aliphatic heterocycles. The quantitative estimate of drug-likeness (QED) is 0.469. The molecular weight excluding hydrogens is 538 g/mol. The fourth-order valence-electron chi connectivity index (χ4n) is 5.10. The Bertz CT molecular complexity index is 1540. The van der Waals surface area contributed by atoms with Crippen molar-refractivity contribution in [1.29, 1.82) is 0 Å². The lowest BCUT2D eigenvalue weighted by Crippen LogP contribution is -2.50. The van der Waals surface area contributed by atoms with E-state index in [1.165, 1.54) is 11.9 Å². The molecule has 4 heterocycles. The first-order valence-electron chi connectivity index (χ1n) is 13.8. The van der Waals surface area contributed by atoms with Gasteiger partial charge in [0, 0.05) is 49.7 Å². The van der Waals surface area contributed by atoms with E-state index < -0.39 is 5.60 Å². The number of benzene rings is 2. The number of nitrogens with zero attached hydrogens (tertiary/aromatic N) is 6. The molecule has 212 valence electrons. The molecule has 0 bridgehead atoms. The summed E-state index contributed by atoms with van der Waals surface area (Å²) in [5, 5.41) is 6.18. The van der Waals surface area contributed by atoms with E-state index in [0.717, 1.165) is 41.6 Å². The summed E-state index contributed by atoms with van der Waals surface area (Å²) in [7, 11) is 0. The number of carbonyl (C=O) groups is 2. The third-order valence-corrected chi connectivity index (χ3v) is 8.09. The first-order valence-corrected chi connectivity index (χ1v) is 14.6. The highest BCUT2D eigenvalue weighted by atomic mass is 32.2. The standard InChI is InChI=1S/C30H33N7O3S/c1-30(2,3)40-29(39)36-14-12-35(13-15-36)17-20-19-41-28-34-26(18-37(20)28)21-8-4-5-9-22(21)33-27(38)25-16-31-23-10-6-7-11-24(23)32-25/h4-11,16,19,26H,12-15,17-18H2,1-3H3,(H,33,38). The number of hydrogen-bond donors (Lipinski definition) is 1. The molecule has 3 aliphatic rings. The van der Waals surface area contributed by atoms with Gasteiger partial charge >= 0.3 is 6.09 Å². The molecule has 1 unspecified atom stereocenters. The van der Waals surface area contributed by atoms with Gasteiger partial charge in [0.05, 0.1) is 29.8 Å².